The smallest absolute Gasteiger partial charge is 0.292 e. The van der Waals surface area contributed by atoms with Crippen LogP contribution in [-0.2, 0) is 0 Å². The van der Waals surface area contributed by atoms with Crippen molar-refractivity contribution in [3.8, 4) is 24.0 Å². The van der Waals surface area contributed by atoms with Gasteiger partial charge in [0.05, 0.1) is 0 Å². The lowest BCUT2D eigenvalue weighted by Crippen LogP contribution is -2.02. The van der Waals surface area contributed by atoms with Gasteiger partial charge < -0.3 is 9.47 Å². The van der Waals surface area contributed by atoms with Crippen molar-refractivity contribution in [2.75, 3.05) is 0 Å². The summed E-state index contributed by atoms with van der Waals surface area (Å²) < 4.78 is 10.1. The molecule has 0 radical (unpaired) electrons. The molecule has 2 rings (SSSR count). The topological polar surface area (TPSA) is 66.0 Å². The third-order valence-electron chi connectivity index (χ3n) is 4.28. The number of allylic oxidation sites excluding steroid dienone is 2. The van der Waals surface area contributed by atoms with Crippen LogP contribution in [0.1, 0.15) is 55.4 Å². The number of nitrogens with zero attached hydrogens (tertiary/aromatic N) is 2. The van der Waals surface area contributed by atoms with Crippen LogP contribution in [-0.4, -0.2) is 0 Å². The molecule has 4 nitrogen and oxygen atoms in total. The van der Waals surface area contributed by atoms with Crippen LogP contribution in [0.25, 0.3) is 12.2 Å². The van der Waals surface area contributed by atoms with E-state index in [4.69, 9.17) is 20.0 Å². The lowest BCUT2D eigenvalue weighted by molar-refractivity contribution is 0.505. The SMILES string of the molecule is CC=Cc1cc(C(CC)c2ccc(OC#N)c(C=CC)c2)ccc1OC#N. The molecule has 2 aromatic rings. The van der Waals surface area contributed by atoms with Gasteiger partial charge in [0.25, 0.3) is 12.5 Å². The van der Waals surface area contributed by atoms with E-state index in [1.165, 1.54) is 0 Å². The summed E-state index contributed by atoms with van der Waals surface area (Å²) in [6.07, 6.45) is 12.1. The first-order valence-corrected chi connectivity index (χ1v) is 8.83. The minimum atomic E-state index is 0.172. The Morgan fingerprint density at radius 3 is 1.63 bits per heavy atom. The minimum Gasteiger partial charge on any atom is -0.387 e. The Kier molecular flexibility index (Phi) is 7.23. The maximum atomic E-state index is 8.83. The monoisotopic (exact) mass is 358 g/mol. The fourth-order valence-corrected chi connectivity index (χ4v) is 3.14. The second-order valence-electron chi connectivity index (χ2n) is 5.94. The first-order chi connectivity index (χ1) is 13.2. The van der Waals surface area contributed by atoms with Crippen molar-refractivity contribution in [1.82, 2.24) is 0 Å². The molecule has 0 bridgehead atoms. The maximum Gasteiger partial charge on any atom is 0.292 e. The van der Waals surface area contributed by atoms with Crippen molar-refractivity contribution in [3.63, 3.8) is 0 Å². The molecule has 0 spiro atoms. The average molecular weight is 358 g/mol. The molecule has 27 heavy (non-hydrogen) atoms. The highest BCUT2D eigenvalue weighted by atomic mass is 16.5. The molecule has 0 heterocycles. The van der Waals surface area contributed by atoms with E-state index in [1.807, 2.05) is 62.4 Å². The second kappa shape index (κ2) is 9.85. The molecule has 0 fully saturated rings. The normalized spacial score (nSPS) is 11.9. The third-order valence-corrected chi connectivity index (χ3v) is 4.28. The molecule has 4 heteroatoms. The highest BCUT2D eigenvalue weighted by Gasteiger charge is 2.16. The van der Waals surface area contributed by atoms with Crippen molar-refractivity contribution in [1.29, 1.82) is 10.5 Å². The molecule has 0 aromatic heterocycles. The van der Waals surface area contributed by atoms with Crippen LogP contribution in [0.4, 0.5) is 0 Å². The van der Waals surface area contributed by atoms with Gasteiger partial charge in [0.2, 0.25) is 0 Å². The minimum absolute atomic E-state index is 0.172. The van der Waals surface area contributed by atoms with Gasteiger partial charge in [-0.05, 0) is 55.7 Å². The molecular weight excluding hydrogens is 336 g/mol. The summed E-state index contributed by atoms with van der Waals surface area (Å²) in [6, 6.07) is 11.7. The van der Waals surface area contributed by atoms with Gasteiger partial charge >= 0.3 is 0 Å². The zero-order valence-corrected chi connectivity index (χ0v) is 15.8. The van der Waals surface area contributed by atoms with Gasteiger partial charge in [-0.1, -0.05) is 43.4 Å². The quantitative estimate of drug-likeness (QED) is 0.568. The lowest BCUT2D eigenvalue weighted by atomic mass is 9.87. The summed E-state index contributed by atoms with van der Waals surface area (Å²) in [6.45, 7) is 5.99. The predicted molar refractivity (Wildman–Crippen MR) is 107 cm³/mol. The van der Waals surface area contributed by atoms with Crippen molar-refractivity contribution in [2.24, 2.45) is 0 Å². The van der Waals surface area contributed by atoms with Gasteiger partial charge in [-0.2, -0.15) is 0 Å². The molecule has 0 N–H and O–H groups in total. The molecule has 2 aromatic carbocycles. The van der Waals surface area contributed by atoms with Crippen molar-refractivity contribution in [3.05, 3.63) is 70.8 Å². The largest absolute Gasteiger partial charge is 0.387 e. The first-order valence-electron chi connectivity index (χ1n) is 8.83. The standard InChI is InChI=1S/C23H22N2O2/c1-4-7-19-13-17(9-11-22(19)26-15-24)21(6-3)18-10-12-23(27-16-25)20(14-18)8-5-2/h4-5,7-14,21H,6H2,1-3H3. The van der Waals surface area contributed by atoms with Crippen LogP contribution in [0, 0.1) is 23.0 Å². The van der Waals surface area contributed by atoms with Gasteiger partial charge in [0.15, 0.2) is 0 Å². The van der Waals surface area contributed by atoms with Gasteiger partial charge in [-0.3, -0.25) is 0 Å². The molecule has 0 saturated carbocycles. The van der Waals surface area contributed by atoms with Crippen molar-refractivity contribution in [2.45, 2.75) is 33.1 Å². The van der Waals surface area contributed by atoms with Crippen LogP contribution in [0.3, 0.4) is 0 Å². The van der Waals surface area contributed by atoms with E-state index in [0.29, 0.717) is 11.5 Å². The first kappa shape index (κ1) is 19.8. The summed E-state index contributed by atoms with van der Waals surface area (Å²) in [5.74, 6) is 1.26. The Labute approximate surface area is 160 Å². The van der Waals surface area contributed by atoms with Crippen LogP contribution >= 0.6 is 0 Å². The number of rotatable bonds is 7. The highest BCUT2D eigenvalue weighted by molar-refractivity contribution is 5.61. The third kappa shape index (κ3) is 4.77. The molecular formula is C23H22N2O2. The Morgan fingerprint density at radius 2 is 1.30 bits per heavy atom. The van der Waals surface area contributed by atoms with E-state index in [1.54, 1.807) is 12.5 Å². The summed E-state index contributed by atoms with van der Waals surface area (Å²) in [4.78, 5) is 0. The number of benzene rings is 2. The average Bonchev–Trinajstić information content (AvgIpc) is 2.67. The van der Waals surface area contributed by atoms with E-state index < -0.39 is 0 Å². The predicted octanol–water partition coefficient (Wildman–Crippen LogP) is 6.01. The van der Waals surface area contributed by atoms with Gasteiger partial charge in [-0.25, -0.2) is 0 Å². The Hall–Kier alpha value is -3.50. The number of hydrogen-bond donors (Lipinski definition) is 0. The molecule has 0 saturated heterocycles. The molecule has 0 aliphatic rings. The Bertz CT molecular complexity index is 855. The Morgan fingerprint density at radius 1 is 0.852 bits per heavy atom. The second-order valence-corrected chi connectivity index (χ2v) is 5.94. The summed E-state index contributed by atoms with van der Waals surface area (Å²) in [5, 5.41) is 17.7. The summed E-state index contributed by atoms with van der Waals surface area (Å²) in [5.41, 5.74) is 4.01. The van der Waals surface area contributed by atoms with E-state index in [0.717, 1.165) is 28.7 Å². The van der Waals surface area contributed by atoms with Gasteiger partial charge in [0.1, 0.15) is 11.5 Å². The molecule has 0 amide bonds. The fraction of sp³-hybridized carbons (Fsp3) is 0.217. The number of hydrogen-bond acceptors (Lipinski definition) is 4. The van der Waals surface area contributed by atoms with E-state index in [9.17, 15) is 0 Å². The number of nitriles is 2. The van der Waals surface area contributed by atoms with Crippen molar-refractivity contribution < 1.29 is 9.47 Å². The zero-order chi connectivity index (χ0) is 19.6. The lowest BCUT2D eigenvalue weighted by Gasteiger charge is -2.18. The van der Waals surface area contributed by atoms with Crippen LogP contribution in [0.5, 0.6) is 11.5 Å². The van der Waals surface area contributed by atoms with Crippen LogP contribution in [0.15, 0.2) is 48.6 Å². The van der Waals surface area contributed by atoms with Crippen molar-refractivity contribution >= 4 is 12.2 Å². The van der Waals surface area contributed by atoms with Crippen LogP contribution < -0.4 is 9.47 Å². The van der Waals surface area contributed by atoms with Crippen LogP contribution in [0.2, 0.25) is 0 Å². The molecule has 136 valence electrons. The Balaban J connectivity index is 2.50. The summed E-state index contributed by atoms with van der Waals surface area (Å²) in [7, 11) is 0. The maximum absolute atomic E-state index is 8.83. The highest BCUT2D eigenvalue weighted by Crippen LogP contribution is 2.34. The summed E-state index contributed by atoms with van der Waals surface area (Å²) >= 11 is 0. The molecule has 0 atom stereocenters. The van der Waals surface area contributed by atoms with Gasteiger partial charge in [0, 0.05) is 17.0 Å². The zero-order valence-electron chi connectivity index (χ0n) is 15.8. The number of ether oxygens (including phenoxy) is 2. The molecule has 0 aliphatic carbocycles. The van der Waals surface area contributed by atoms with E-state index in [2.05, 4.69) is 19.1 Å². The van der Waals surface area contributed by atoms with E-state index in [-0.39, 0.29) is 5.92 Å². The molecule has 0 aliphatic heterocycles. The van der Waals surface area contributed by atoms with E-state index >= 15 is 0 Å². The fourth-order valence-electron chi connectivity index (χ4n) is 3.14. The van der Waals surface area contributed by atoms with Gasteiger partial charge in [-0.15, -0.1) is 10.5 Å². The molecule has 0 unspecified atom stereocenters.